The maximum atomic E-state index is 4.23. The molecule has 1 aliphatic carbocycles. The first kappa shape index (κ1) is 32.7. The normalized spacial score (nSPS) is 13.3. The molecule has 0 aromatic heterocycles. The Morgan fingerprint density at radius 2 is 1.36 bits per heavy atom. The van der Waals surface area contributed by atoms with Crippen LogP contribution in [0.5, 0.6) is 0 Å². The van der Waals surface area contributed by atoms with Crippen LogP contribution in [-0.2, 0) is 13.0 Å². The molecule has 2 heteroatoms. The Hall–Kier alpha value is -2.48. The van der Waals surface area contributed by atoms with Gasteiger partial charge < -0.3 is 10.6 Å². The van der Waals surface area contributed by atoms with Crippen LogP contribution in [0.2, 0.25) is 0 Å². The third-order valence-electron chi connectivity index (χ3n) is 7.92. The van der Waals surface area contributed by atoms with Crippen molar-refractivity contribution in [2.75, 3.05) is 6.54 Å². The molecule has 0 saturated carbocycles. The zero-order valence-electron chi connectivity index (χ0n) is 25.7. The van der Waals surface area contributed by atoms with E-state index < -0.39 is 0 Å². The largest absolute Gasteiger partial charge is 0.385 e. The first-order chi connectivity index (χ1) is 18.9. The standard InChI is InChI=1S/C37H58N2/c1-7-33-23-20-24-34(28-33)29-39-32(6)22-18-16-14-12-10-8-9-11-13-15-17-19-27-38-36-26-21-25-35(30(2)3)37(36)31(4)5/h20,23-24,26,28,38-39H,2,4,6-19,21-22,25,27,29H2,1,3,5H3. The Labute approximate surface area is 241 Å². The molecule has 1 aromatic carbocycles. The second-order valence-electron chi connectivity index (χ2n) is 11.6. The van der Waals surface area contributed by atoms with E-state index in [1.807, 2.05) is 0 Å². The molecule has 1 aromatic rings. The molecule has 0 fully saturated rings. The van der Waals surface area contributed by atoms with Crippen molar-refractivity contribution in [3.63, 3.8) is 0 Å². The van der Waals surface area contributed by atoms with Crippen molar-refractivity contribution < 1.29 is 0 Å². The first-order valence-corrected chi connectivity index (χ1v) is 15.9. The van der Waals surface area contributed by atoms with E-state index in [0.29, 0.717) is 0 Å². The molecule has 0 amide bonds. The van der Waals surface area contributed by atoms with Gasteiger partial charge in [0.2, 0.25) is 0 Å². The second kappa shape index (κ2) is 19.6. The van der Waals surface area contributed by atoms with Gasteiger partial charge in [0.1, 0.15) is 0 Å². The Kier molecular flexibility index (Phi) is 16.4. The molecule has 0 atom stereocenters. The van der Waals surface area contributed by atoms with Crippen LogP contribution in [0.25, 0.3) is 0 Å². The van der Waals surface area contributed by atoms with Crippen LogP contribution in [-0.4, -0.2) is 6.54 Å². The van der Waals surface area contributed by atoms with Crippen LogP contribution >= 0.6 is 0 Å². The molecule has 216 valence electrons. The zero-order chi connectivity index (χ0) is 28.3. The molecule has 39 heavy (non-hydrogen) atoms. The van der Waals surface area contributed by atoms with Crippen molar-refractivity contribution in [3.8, 4) is 0 Å². The maximum Gasteiger partial charge on any atom is 0.0397 e. The molecule has 0 radical (unpaired) electrons. The van der Waals surface area contributed by atoms with E-state index in [9.17, 15) is 0 Å². The number of aryl methyl sites for hydroxylation is 1. The van der Waals surface area contributed by atoms with E-state index in [-0.39, 0.29) is 0 Å². The number of unbranched alkanes of at least 4 members (excludes halogenated alkanes) is 11. The molecule has 0 heterocycles. The molecule has 0 spiro atoms. The summed E-state index contributed by atoms with van der Waals surface area (Å²) in [5.74, 6) is 0. The topological polar surface area (TPSA) is 24.1 Å². The molecule has 1 aliphatic rings. The Bertz CT molecular complexity index is 961. The second-order valence-corrected chi connectivity index (χ2v) is 11.6. The number of nitrogens with one attached hydrogen (secondary N) is 2. The van der Waals surface area contributed by atoms with Gasteiger partial charge in [-0.15, -0.1) is 0 Å². The molecule has 0 saturated heterocycles. The van der Waals surface area contributed by atoms with Gasteiger partial charge in [0.25, 0.3) is 0 Å². The number of hydrogen-bond donors (Lipinski definition) is 2. The lowest BCUT2D eigenvalue weighted by Crippen LogP contribution is -2.20. The first-order valence-electron chi connectivity index (χ1n) is 15.9. The molecule has 0 bridgehead atoms. The van der Waals surface area contributed by atoms with Gasteiger partial charge in [0.15, 0.2) is 0 Å². The van der Waals surface area contributed by atoms with Crippen LogP contribution in [0.4, 0.5) is 0 Å². The lowest BCUT2D eigenvalue weighted by molar-refractivity contribution is 0.536. The Morgan fingerprint density at radius 3 is 1.95 bits per heavy atom. The van der Waals surface area contributed by atoms with Gasteiger partial charge in [-0.1, -0.05) is 127 Å². The molecule has 0 aliphatic heterocycles. The van der Waals surface area contributed by atoms with E-state index in [1.54, 1.807) is 0 Å². The van der Waals surface area contributed by atoms with Gasteiger partial charge in [0, 0.05) is 30.1 Å². The molecular weight excluding hydrogens is 472 g/mol. The fourth-order valence-corrected chi connectivity index (χ4v) is 5.55. The zero-order valence-corrected chi connectivity index (χ0v) is 25.7. The van der Waals surface area contributed by atoms with Crippen LogP contribution < -0.4 is 10.6 Å². The quantitative estimate of drug-likeness (QED) is 0.146. The summed E-state index contributed by atoms with van der Waals surface area (Å²) in [5, 5.41) is 7.21. The SMILES string of the molecule is C=C(CCCCCCCCCCCCCCNC1=CCCC(C(=C)C)=C1C(=C)C)NCc1cccc(CC)c1. The Morgan fingerprint density at radius 1 is 0.769 bits per heavy atom. The Balaban J connectivity index is 1.38. The summed E-state index contributed by atoms with van der Waals surface area (Å²) in [7, 11) is 0. The van der Waals surface area contributed by atoms with Gasteiger partial charge >= 0.3 is 0 Å². The van der Waals surface area contributed by atoms with Crippen molar-refractivity contribution in [3.05, 3.63) is 94.9 Å². The summed E-state index contributed by atoms with van der Waals surface area (Å²) in [6.45, 7) is 21.0. The number of hydrogen-bond acceptors (Lipinski definition) is 2. The lowest BCUT2D eigenvalue weighted by atomic mass is 9.87. The smallest absolute Gasteiger partial charge is 0.0397 e. The molecule has 2 nitrogen and oxygen atoms in total. The third kappa shape index (κ3) is 13.4. The predicted octanol–water partition coefficient (Wildman–Crippen LogP) is 10.6. The van der Waals surface area contributed by atoms with E-state index in [2.05, 4.69) is 81.5 Å². The fourth-order valence-electron chi connectivity index (χ4n) is 5.55. The van der Waals surface area contributed by atoms with Gasteiger partial charge in [-0.2, -0.15) is 0 Å². The summed E-state index contributed by atoms with van der Waals surface area (Å²) in [6, 6.07) is 8.86. The minimum atomic E-state index is 0.895. The van der Waals surface area contributed by atoms with E-state index in [4.69, 9.17) is 0 Å². The van der Waals surface area contributed by atoms with E-state index >= 15 is 0 Å². The van der Waals surface area contributed by atoms with Crippen molar-refractivity contribution in [1.82, 2.24) is 10.6 Å². The minimum Gasteiger partial charge on any atom is -0.385 e. The van der Waals surface area contributed by atoms with Crippen LogP contribution in [0.1, 0.15) is 128 Å². The highest BCUT2D eigenvalue weighted by Crippen LogP contribution is 2.32. The fraction of sp³-hybridized carbons (Fsp3) is 0.568. The summed E-state index contributed by atoms with van der Waals surface area (Å²) in [5.41, 5.74) is 10.2. The summed E-state index contributed by atoms with van der Waals surface area (Å²) in [4.78, 5) is 0. The molecular formula is C37H58N2. The average Bonchev–Trinajstić information content (AvgIpc) is 2.93. The van der Waals surface area contributed by atoms with Gasteiger partial charge in [-0.25, -0.2) is 0 Å². The summed E-state index contributed by atoms with van der Waals surface area (Å²) < 4.78 is 0. The average molecular weight is 531 g/mol. The monoisotopic (exact) mass is 530 g/mol. The minimum absolute atomic E-state index is 0.895. The summed E-state index contributed by atoms with van der Waals surface area (Å²) in [6.07, 6.45) is 23.0. The molecule has 2 rings (SSSR count). The van der Waals surface area contributed by atoms with Crippen molar-refractivity contribution >= 4 is 0 Å². The van der Waals surface area contributed by atoms with Gasteiger partial charge in [-0.3, -0.25) is 0 Å². The number of allylic oxidation sites excluding steroid dienone is 5. The van der Waals surface area contributed by atoms with Crippen LogP contribution in [0.3, 0.4) is 0 Å². The molecule has 0 unspecified atom stereocenters. The number of benzene rings is 1. The highest BCUT2D eigenvalue weighted by atomic mass is 14.9. The third-order valence-corrected chi connectivity index (χ3v) is 7.92. The van der Waals surface area contributed by atoms with E-state index in [1.165, 1.54) is 116 Å². The van der Waals surface area contributed by atoms with Crippen molar-refractivity contribution in [2.45, 2.75) is 130 Å². The summed E-state index contributed by atoms with van der Waals surface area (Å²) >= 11 is 0. The number of rotatable bonds is 22. The lowest BCUT2D eigenvalue weighted by Gasteiger charge is -2.24. The molecule has 2 N–H and O–H groups in total. The highest BCUT2D eigenvalue weighted by molar-refractivity contribution is 5.54. The van der Waals surface area contributed by atoms with E-state index in [0.717, 1.165) is 44.3 Å². The van der Waals surface area contributed by atoms with Gasteiger partial charge in [-0.05, 0) is 74.6 Å². The van der Waals surface area contributed by atoms with Crippen molar-refractivity contribution in [1.29, 1.82) is 0 Å². The van der Waals surface area contributed by atoms with Gasteiger partial charge in [0.05, 0.1) is 0 Å². The van der Waals surface area contributed by atoms with Crippen LogP contribution in [0.15, 0.2) is 83.8 Å². The predicted molar refractivity (Wildman–Crippen MR) is 174 cm³/mol. The highest BCUT2D eigenvalue weighted by Gasteiger charge is 2.16. The van der Waals surface area contributed by atoms with Crippen molar-refractivity contribution in [2.24, 2.45) is 0 Å². The van der Waals surface area contributed by atoms with Crippen LogP contribution in [0, 0.1) is 0 Å². The maximum absolute atomic E-state index is 4.23.